The second kappa shape index (κ2) is 20.3. The zero-order valence-electron chi connectivity index (χ0n) is 18.6. The van der Waals surface area contributed by atoms with Crippen molar-refractivity contribution in [1.82, 2.24) is 0 Å². The fourth-order valence-corrected chi connectivity index (χ4v) is 4.14. The second-order valence-corrected chi connectivity index (χ2v) is 8.78. The third-order valence-corrected chi connectivity index (χ3v) is 6.14. The molecule has 0 aromatic carbocycles. The van der Waals surface area contributed by atoms with Crippen LogP contribution in [-0.4, -0.2) is 0 Å². The summed E-state index contributed by atoms with van der Waals surface area (Å²) in [5.74, 6) is 1.96. The first-order valence-electron chi connectivity index (χ1n) is 12.2. The molecule has 0 N–H and O–H groups in total. The fraction of sp³-hybridized carbons (Fsp3) is 1.00. The Hall–Kier alpha value is 0. The molecule has 0 bridgehead atoms. The number of unbranched alkanes of at least 4 members (excludes halogenated alkanes) is 12. The molecule has 0 aliphatic carbocycles. The van der Waals surface area contributed by atoms with Crippen molar-refractivity contribution in [1.29, 1.82) is 0 Å². The van der Waals surface area contributed by atoms with Crippen molar-refractivity contribution in [2.45, 2.75) is 150 Å². The van der Waals surface area contributed by atoms with Crippen LogP contribution >= 0.6 is 0 Å². The standard InChI is InChI=1S/C25H52/c1-5-8-9-10-11-12-13-14-15-16-17-18-19-21-24(4)22-23-25(7-3)20-6-2/h24-25H,5-23H2,1-4H3. The summed E-state index contributed by atoms with van der Waals surface area (Å²) in [7, 11) is 0. The van der Waals surface area contributed by atoms with E-state index < -0.39 is 0 Å². The van der Waals surface area contributed by atoms with E-state index >= 15 is 0 Å². The molecule has 0 heteroatoms. The average Bonchev–Trinajstić information content (AvgIpc) is 2.62. The molecule has 0 aromatic rings. The van der Waals surface area contributed by atoms with Gasteiger partial charge in [-0.15, -0.1) is 0 Å². The Morgan fingerprint density at radius 1 is 0.440 bits per heavy atom. The number of hydrogen-bond acceptors (Lipinski definition) is 0. The van der Waals surface area contributed by atoms with Crippen LogP contribution in [-0.2, 0) is 0 Å². The van der Waals surface area contributed by atoms with Gasteiger partial charge in [0.05, 0.1) is 0 Å². The van der Waals surface area contributed by atoms with Gasteiger partial charge in [0.1, 0.15) is 0 Å². The zero-order valence-corrected chi connectivity index (χ0v) is 18.6. The molecule has 25 heavy (non-hydrogen) atoms. The van der Waals surface area contributed by atoms with Gasteiger partial charge in [0.2, 0.25) is 0 Å². The van der Waals surface area contributed by atoms with Gasteiger partial charge in [-0.2, -0.15) is 0 Å². The van der Waals surface area contributed by atoms with Gasteiger partial charge in [0, 0.05) is 0 Å². The lowest BCUT2D eigenvalue weighted by Gasteiger charge is -2.17. The van der Waals surface area contributed by atoms with E-state index in [4.69, 9.17) is 0 Å². The molecule has 0 saturated heterocycles. The molecule has 0 saturated carbocycles. The first-order valence-corrected chi connectivity index (χ1v) is 12.2. The molecule has 0 aliphatic rings. The quantitative estimate of drug-likeness (QED) is 0.191. The minimum atomic E-state index is 0.957. The molecule has 0 fully saturated rings. The maximum Gasteiger partial charge on any atom is -0.0417 e. The summed E-state index contributed by atoms with van der Waals surface area (Å²) in [6.07, 6.45) is 27.7. The Bertz CT molecular complexity index is 232. The van der Waals surface area contributed by atoms with Crippen LogP contribution in [0.4, 0.5) is 0 Å². The molecule has 0 amide bonds. The minimum absolute atomic E-state index is 0.957. The maximum absolute atomic E-state index is 2.49. The van der Waals surface area contributed by atoms with Gasteiger partial charge in [-0.05, 0) is 11.8 Å². The Kier molecular flexibility index (Phi) is 20.3. The van der Waals surface area contributed by atoms with Gasteiger partial charge in [-0.25, -0.2) is 0 Å². The molecule has 2 atom stereocenters. The second-order valence-electron chi connectivity index (χ2n) is 8.78. The molecular formula is C25H52. The predicted molar refractivity (Wildman–Crippen MR) is 117 cm³/mol. The molecule has 0 nitrogen and oxygen atoms in total. The monoisotopic (exact) mass is 352 g/mol. The molecule has 0 heterocycles. The first kappa shape index (κ1) is 25.0. The highest BCUT2D eigenvalue weighted by Crippen LogP contribution is 2.23. The van der Waals surface area contributed by atoms with Crippen LogP contribution in [0.3, 0.4) is 0 Å². The van der Waals surface area contributed by atoms with E-state index in [0.29, 0.717) is 0 Å². The molecule has 152 valence electrons. The van der Waals surface area contributed by atoms with Gasteiger partial charge in [-0.3, -0.25) is 0 Å². The summed E-state index contributed by atoms with van der Waals surface area (Å²) in [4.78, 5) is 0. The van der Waals surface area contributed by atoms with Crippen molar-refractivity contribution in [3.63, 3.8) is 0 Å². The molecule has 0 rings (SSSR count). The number of rotatable bonds is 20. The van der Waals surface area contributed by atoms with Gasteiger partial charge in [0.15, 0.2) is 0 Å². The fourth-order valence-electron chi connectivity index (χ4n) is 4.14. The van der Waals surface area contributed by atoms with Gasteiger partial charge < -0.3 is 0 Å². The Morgan fingerprint density at radius 2 is 0.920 bits per heavy atom. The van der Waals surface area contributed by atoms with E-state index in [-0.39, 0.29) is 0 Å². The molecule has 2 unspecified atom stereocenters. The van der Waals surface area contributed by atoms with Crippen molar-refractivity contribution in [3.8, 4) is 0 Å². The molecule has 0 aliphatic heterocycles. The SMILES string of the molecule is CCCCCCCCCCCCCCCC(C)CCC(CC)CCC. The Morgan fingerprint density at radius 3 is 1.36 bits per heavy atom. The van der Waals surface area contributed by atoms with E-state index in [0.717, 1.165) is 11.8 Å². The lowest BCUT2D eigenvalue weighted by Crippen LogP contribution is -2.03. The van der Waals surface area contributed by atoms with E-state index in [1.807, 2.05) is 0 Å². The Labute approximate surface area is 161 Å². The number of hydrogen-bond donors (Lipinski definition) is 0. The van der Waals surface area contributed by atoms with E-state index in [1.165, 1.54) is 122 Å². The highest BCUT2D eigenvalue weighted by Gasteiger charge is 2.08. The largest absolute Gasteiger partial charge is 0.0654 e. The van der Waals surface area contributed by atoms with Crippen molar-refractivity contribution in [2.75, 3.05) is 0 Å². The maximum atomic E-state index is 2.49. The molecule has 0 aromatic heterocycles. The van der Waals surface area contributed by atoms with Crippen LogP contribution in [0.25, 0.3) is 0 Å². The normalized spacial score (nSPS) is 13.9. The minimum Gasteiger partial charge on any atom is -0.0654 e. The summed E-state index contributed by atoms with van der Waals surface area (Å²) in [6, 6.07) is 0. The summed E-state index contributed by atoms with van der Waals surface area (Å²) >= 11 is 0. The van der Waals surface area contributed by atoms with E-state index in [1.54, 1.807) is 0 Å². The first-order chi connectivity index (χ1) is 12.2. The highest BCUT2D eigenvalue weighted by atomic mass is 14.1. The van der Waals surface area contributed by atoms with Gasteiger partial charge >= 0.3 is 0 Å². The lowest BCUT2D eigenvalue weighted by molar-refractivity contribution is 0.360. The summed E-state index contributed by atoms with van der Waals surface area (Å²) in [5, 5.41) is 0. The molecular weight excluding hydrogens is 300 g/mol. The summed E-state index contributed by atoms with van der Waals surface area (Å²) in [5.41, 5.74) is 0. The average molecular weight is 353 g/mol. The van der Waals surface area contributed by atoms with Crippen molar-refractivity contribution < 1.29 is 0 Å². The van der Waals surface area contributed by atoms with Crippen LogP contribution in [0.5, 0.6) is 0 Å². The summed E-state index contributed by atoms with van der Waals surface area (Å²) < 4.78 is 0. The van der Waals surface area contributed by atoms with Crippen LogP contribution in [0.2, 0.25) is 0 Å². The molecule has 0 radical (unpaired) electrons. The third kappa shape index (κ3) is 18.6. The van der Waals surface area contributed by atoms with Crippen molar-refractivity contribution >= 4 is 0 Å². The summed E-state index contributed by atoms with van der Waals surface area (Å²) in [6.45, 7) is 9.49. The zero-order chi connectivity index (χ0) is 18.6. The highest BCUT2D eigenvalue weighted by molar-refractivity contribution is 4.61. The van der Waals surface area contributed by atoms with Crippen LogP contribution in [0, 0.1) is 11.8 Å². The predicted octanol–water partition coefficient (Wildman–Crippen LogP) is 9.71. The topological polar surface area (TPSA) is 0 Å². The third-order valence-electron chi connectivity index (χ3n) is 6.14. The van der Waals surface area contributed by atoms with E-state index in [2.05, 4.69) is 27.7 Å². The van der Waals surface area contributed by atoms with Gasteiger partial charge in [0.25, 0.3) is 0 Å². The van der Waals surface area contributed by atoms with Crippen LogP contribution in [0.1, 0.15) is 150 Å². The molecule has 0 spiro atoms. The van der Waals surface area contributed by atoms with Crippen molar-refractivity contribution in [3.05, 3.63) is 0 Å². The van der Waals surface area contributed by atoms with E-state index in [9.17, 15) is 0 Å². The van der Waals surface area contributed by atoms with Crippen LogP contribution < -0.4 is 0 Å². The van der Waals surface area contributed by atoms with Crippen LogP contribution in [0.15, 0.2) is 0 Å². The van der Waals surface area contributed by atoms with Gasteiger partial charge in [-0.1, -0.05) is 150 Å². The Balaban J connectivity index is 3.24. The van der Waals surface area contributed by atoms with Crippen molar-refractivity contribution in [2.24, 2.45) is 11.8 Å². The smallest absolute Gasteiger partial charge is 0.0417 e. The lowest BCUT2D eigenvalue weighted by atomic mass is 9.89.